The zero-order valence-corrected chi connectivity index (χ0v) is 22.6. The molecule has 1 saturated heterocycles. The van der Waals surface area contributed by atoms with Crippen LogP contribution in [0.3, 0.4) is 0 Å². The second-order valence-corrected chi connectivity index (χ2v) is 13.0. The molecule has 3 heteroatoms. The van der Waals surface area contributed by atoms with Crippen LogP contribution in [0.1, 0.15) is 99.3 Å². The maximum Gasteiger partial charge on any atom is 0.0640 e. The molecule has 1 aliphatic heterocycles. The van der Waals surface area contributed by atoms with Crippen molar-refractivity contribution in [3.8, 4) is 0 Å². The van der Waals surface area contributed by atoms with E-state index < -0.39 is 0 Å². The third kappa shape index (κ3) is 4.60. The Balaban J connectivity index is 1.60. The van der Waals surface area contributed by atoms with Crippen molar-refractivity contribution in [2.75, 3.05) is 19.8 Å². The molecule has 9 unspecified atom stereocenters. The summed E-state index contributed by atoms with van der Waals surface area (Å²) in [6, 6.07) is 0. The van der Waals surface area contributed by atoms with E-state index in [9.17, 15) is 0 Å². The van der Waals surface area contributed by atoms with Crippen LogP contribution in [0.4, 0.5) is 0 Å². The molecule has 2 saturated carbocycles. The maximum absolute atomic E-state index is 6.60. The molecule has 190 valence electrons. The highest BCUT2D eigenvalue weighted by Crippen LogP contribution is 2.65. The van der Waals surface area contributed by atoms with E-state index in [0.29, 0.717) is 36.5 Å². The van der Waals surface area contributed by atoms with Gasteiger partial charge >= 0.3 is 0 Å². The minimum atomic E-state index is 0.145. The lowest BCUT2D eigenvalue weighted by Crippen LogP contribution is -2.59. The Morgan fingerprint density at radius 1 is 1.21 bits per heavy atom. The van der Waals surface area contributed by atoms with Crippen LogP contribution in [0, 0.1) is 46.3 Å². The van der Waals surface area contributed by atoms with E-state index in [4.69, 9.17) is 15.2 Å². The predicted octanol–water partition coefficient (Wildman–Crippen LogP) is 7.00. The van der Waals surface area contributed by atoms with Gasteiger partial charge in [-0.15, -0.1) is 0 Å². The van der Waals surface area contributed by atoms with E-state index in [1.807, 2.05) is 0 Å². The molecule has 0 bridgehead atoms. The van der Waals surface area contributed by atoms with Gasteiger partial charge in [0.25, 0.3) is 0 Å². The number of fused-ring (bicyclic) bond motifs is 5. The SMILES string of the molecule is CCCC(OCCN)C1COC(C)C2(C)C3=CCC4CC(CC(C)C)CCC4(C)C3CCC12. The minimum Gasteiger partial charge on any atom is -0.377 e. The fraction of sp³-hybridized carbons (Fsp3) is 0.933. The lowest BCUT2D eigenvalue weighted by Gasteiger charge is -2.63. The van der Waals surface area contributed by atoms with Gasteiger partial charge < -0.3 is 15.2 Å². The lowest BCUT2D eigenvalue weighted by atomic mass is 9.44. The maximum atomic E-state index is 6.60. The Morgan fingerprint density at radius 2 is 2.00 bits per heavy atom. The van der Waals surface area contributed by atoms with Gasteiger partial charge in [0, 0.05) is 17.9 Å². The van der Waals surface area contributed by atoms with Gasteiger partial charge in [-0.25, -0.2) is 0 Å². The second kappa shape index (κ2) is 10.3. The van der Waals surface area contributed by atoms with Gasteiger partial charge in [-0.3, -0.25) is 0 Å². The number of hydrogen-bond acceptors (Lipinski definition) is 3. The normalized spacial score (nSPS) is 43.9. The summed E-state index contributed by atoms with van der Waals surface area (Å²) in [5, 5.41) is 0. The van der Waals surface area contributed by atoms with E-state index in [-0.39, 0.29) is 11.5 Å². The van der Waals surface area contributed by atoms with Crippen LogP contribution >= 0.6 is 0 Å². The number of ether oxygens (including phenoxy) is 2. The molecule has 4 aliphatic rings. The van der Waals surface area contributed by atoms with Crippen LogP contribution in [0.5, 0.6) is 0 Å². The molecular weight excluding hydrogens is 406 g/mol. The Hall–Kier alpha value is -0.380. The van der Waals surface area contributed by atoms with Gasteiger partial charge in [0.1, 0.15) is 0 Å². The first-order chi connectivity index (χ1) is 15.8. The first-order valence-electron chi connectivity index (χ1n) is 14.4. The smallest absolute Gasteiger partial charge is 0.0640 e. The van der Waals surface area contributed by atoms with Crippen molar-refractivity contribution in [1.29, 1.82) is 0 Å². The van der Waals surface area contributed by atoms with Crippen molar-refractivity contribution >= 4 is 0 Å². The third-order valence-electron chi connectivity index (χ3n) is 10.8. The van der Waals surface area contributed by atoms with Crippen LogP contribution in [0.25, 0.3) is 0 Å². The standard InChI is InChI=1S/C30H53NO2/c1-7-8-28(32-16-15-31)24-19-33-21(4)30(6)25(24)11-12-26-27(30)10-9-23-18-22(17-20(2)3)13-14-29(23,26)5/h10,20-26,28H,7-9,11-19,31H2,1-6H3. The van der Waals surface area contributed by atoms with Crippen LogP contribution in [-0.2, 0) is 9.47 Å². The summed E-state index contributed by atoms with van der Waals surface area (Å²) in [5.41, 5.74) is 8.22. The highest BCUT2D eigenvalue weighted by atomic mass is 16.5. The fourth-order valence-electron chi connectivity index (χ4n) is 8.95. The van der Waals surface area contributed by atoms with Crippen molar-refractivity contribution in [3.63, 3.8) is 0 Å². The van der Waals surface area contributed by atoms with E-state index >= 15 is 0 Å². The summed E-state index contributed by atoms with van der Waals surface area (Å²) in [7, 11) is 0. The number of rotatable bonds is 8. The molecule has 33 heavy (non-hydrogen) atoms. The fourth-order valence-corrected chi connectivity index (χ4v) is 8.95. The molecule has 9 atom stereocenters. The largest absolute Gasteiger partial charge is 0.377 e. The topological polar surface area (TPSA) is 44.5 Å². The number of nitrogens with two attached hydrogens (primary N) is 1. The average molecular weight is 460 g/mol. The van der Waals surface area contributed by atoms with E-state index in [2.05, 4.69) is 47.6 Å². The average Bonchev–Trinajstić information content (AvgIpc) is 2.77. The summed E-state index contributed by atoms with van der Waals surface area (Å²) in [6.45, 7) is 16.8. The monoisotopic (exact) mass is 459 g/mol. The Bertz CT molecular complexity index is 689. The molecule has 0 amide bonds. The van der Waals surface area contributed by atoms with Crippen molar-refractivity contribution in [2.45, 2.75) is 112 Å². The van der Waals surface area contributed by atoms with E-state index in [1.54, 1.807) is 5.57 Å². The minimum absolute atomic E-state index is 0.145. The highest BCUT2D eigenvalue weighted by Gasteiger charge is 2.60. The quantitative estimate of drug-likeness (QED) is 0.398. The molecular formula is C30H53NO2. The van der Waals surface area contributed by atoms with Gasteiger partial charge in [-0.05, 0) is 93.3 Å². The van der Waals surface area contributed by atoms with Crippen molar-refractivity contribution in [1.82, 2.24) is 0 Å². The zero-order chi connectivity index (χ0) is 23.8. The summed E-state index contributed by atoms with van der Waals surface area (Å²) in [4.78, 5) is 0. The molecule has 3 nitrogen and oxygen atoms in total. The first-order valence-corrected chi connectivity index (χ1v) is 14.4. The molecule has 3 fully saturated rings. The van der Waals surface area contributed by atoms with Gasteiger partial charge in [0.2, 0.25) is 0 Å². The molecule has 4 rings (SSSR count). The summed E-state index contributed by atoms with van der Waals surface area (Å²) in [6.07, 6.45) is 15.3. The second-order valence-electron chi connectivity index (χ2n) is 13.0. The summed E-state index contributed by atoms with van der Waals surface area (Å²) in [5.74, 6) is 4.55. The van der Waals surface area contributed by atoms with Gasteiger partial charge in [-0.2, -0.15) is 0 Å². The molecule has 2 N–H and O–H groups in total. The van der Waals surface area contributed by atoms with E-state index in [1.165, 1.54) is 44.9 Å². The van der Waals surface area contributed by atoms with Crippen molar-refractivity contribution in [3.05, 3.63) is 11.6 Å². The molecule has 0 aromatic rings. The molecule has 1 heterocycles. The summed E-state index contributed by atoms with van der Waals surface area (Å²) >= 11 is 0. The molecule has 0 radical (unpaired) electrons. The molecule has 0 spiro atoms. The van der Waals surface area contributed by atoms with E-state index in [0.717, 1.165) is 43.1 Å². The van der Waals surface area contributed by atoms with Crippen LogP contribution in [0.2, 0.25) is 0 Å². The van der Waals surface area contributed by atoms with Gasteiger partial charge in [0.15, 0.2) is 0 Å². The van der Waals surface area contributed by atoms with Crippen molar-refractivity contribution < 1.29 is 9.47 Å². The summed E-state index contributed by atoms with van der Waals surface area (Å²) < 4.78 is 13.0. The number of hydrogen-bond donors (Lipinski definition) is 1. The lowest BCUT2D eigenvalue weighted by molar-refractivity contribution is -0.177. The molecule has 0 aromatic heterocycles. The molecule has 3 aliphatic carbocycles. The third-order valence-corrected chi connectivity index (χ3v) is 10.8. The Morgan fingerprint density at radius 3 is 2.70 bits per heavy atom. The molecule has 0 aromatic carbocycles. The zero-order valence-electron chi connectivity index (χ0n) is 22.6. The first kappa shape index (κ1) is 25.7. The van der Waals surface area contributed by atoms with Crippen molar-refractivity contribution in [2.24, 2.45) is 52.1 Å². The van der Waals surface area contributed by atoms with Gasteiger partial charge in [-0.1, -0.05) is 52.7 Å². The Kier molecular flexibility index (Phi) is 8.03. The van der Waals surface area contributed by atoms with Crippen LogP contribution < -0.4 is 5.73 Å². The number of allylic oxidation sites excluding steroid dienone is 1. The van der Waals surface area contributed by atoms with Crippen LogP contribution in [-0.4, -0.2) is 32.0 Å². The Labute approximate surface area is 204 Å². The predicted molar refractivity (Wildman–Crippen MR) is 138 cm³/mol. The van der Waals surface area contributed by atoms with Crippen LogP contribution in [0.15, 0.2) is 11.6 Å². The highest BCUT2D eigenvalue weighted by molar-refractivity contribution is 5.30. The van der Waals surface area contributed by atoms with Gasteiger partial charge in [0.05, 0.1) is 25.4 Å².